The lowest BCUT2D eigenvalue weighted by atomic mass is 9.92. The quantitative estimate of drug-likeness (QED) is 0.815. The second-order valence-corrected chi connectivity index (χ2v) is 6.43. The van der Waals surface area contributed by atoms with E-state index in [-0.39, 0.29) is 24.3 Å². The van der Waals surface area contributed by atoms with Crippen molar-refractivity contribution in [3.63, 3.8) is 0 Å². The lowest BCUT2D eigenvalue weighted by Crippen LogP contribution is -2.36. The van der Waals surface area contributed by atoms with Gasteiger partial charge >= 0.3 is 0 Å². The average Bonchev–Trinajstić information content (AvgIpc) is 3.28. The highest BCUT2D eigenvalue weighted by atomic mass is 16.5. The second-order valence-electron chi connectivity index (χ2n) is 6.43. The highest BCUT2D eigenvalue weighted by molar-refractivity contribution is 5.90. The van der Waals surface area contributed by atoms with E-state index in [0.29, 0.717) is 18.8 Å². The van der Waals surface area contributed by atoms with E-state index in [9.17, 15) is 9.59 Å². The minimum absolute atomic E-state index is 0.00365. The van der Waals surface area contributed by atoms with Crippen LogP contribution in [0, 0.1) is 12.8 Å². The van der Waals surface area contributed by atoms with Crippen molar-refractivity contribution in [1.29, 1.82) is 0 Å². The van der Waals surface area contributed by atoms with Crippen molar-refractivity contribution in [2.45, 2.75) is 32.9 Å². The molecule has 1 aliphatic heterocycles. The summed E-state index contributed by atoms with van der Waals surface area (Å²) < 4.78 is 6.59. The molecule has 8 nitrogen and oxygen atoms in total. The van der Waals surface area contributed by atoms with Gasteiger partial charge in [-0.25, -0.2) is 0 Å². The van der Waals surface area contributed by atoms with Crippen LogP contribution < -0.4 is 0 Å². The number of carbonyl (C=O) groups excluding carboxylic acids is 2. The number of hydrogen-bond acceptors (Lipinski definition) is 5. The number of carbonyl (C=O) groups is 2. The summed E-state index contributed by atoms with van der Waals surface area (Å²) in [6, 6.07) is 1.45. The number of likely N-dealkylation sites (tertiary alicyclic amines) is 1. The van der Waals surface area contributed by atoms with Crippen LogP contribution >= 0.6 is 0 Å². The molecule has 2 atom stereocenters. The lowest BCUT2D eigenvalue weighted by molar-refractivity contribution is -0.135. The van der Waals surface area contributed by atoms with Crippen LogP contribution in [0.2, 0.25) is 0 Å². The van der Waals surface area contributed by atoms with Gasteiger partial charge in [0.1, 0.15) is 12.0 Å². The van der Waals surface area contributed by atoms with Crippen molar-refractivity contribution in [3.8, 4) is 0 Å². The van der Waals surface area contributed by atoms with Gasteiger partial charge in [0.05, 0.1) is 24.7 Å². The molecule has 0 unspecified atom stereocenters. The lowest BCUT2D eigenvalue weighted by Gasteiger charge is -2.29. The van der Waals surface area contributed by atoms with E-state index in [1.54, 1.807) is 33.8 Å². The molecule has 134 valence electrons. The SMILES string of the molecule is CCN1C(=O)C[C@H](C(=O)N(C)Cc2ccon2)[C@H]1c1cnn(C)c1C. The Morgan fingerprint density at radius 3 is 2.80 bits per heavy atom. The molecule has 25 heavy (non-hydrogen) atoms. The van der Waals surface area contributed by atoms with E-state index in [1.165, 1.54) is 6.26 Å². The normalized spacial score (nSPS) is 20.3. The predicted octanol–water partition coefficient (Wildman–Crippen LogP) is 1.28. The van der Waals surface area contributed by atoms with E-state index in [1.807, 2.05) is 20.9 Å². The molecule has 0 N–H and O–H groups in total. The molecule has 1 aliphatic rings. The summed E-state index contributed by atoms with van der Waals surface area (Å²) in [5, 5.41) is 8.13. The average molecular weight is 345 g/mol. The molecule has 8 heteroatoms. The Morgan fingerprint density at radius 2 is 2.24 bits per heavy atom. The molecule has 0 bridgehead atoms. The fourth-order valence-electron chi connectivity index (χ4n) is 3.50. The number of amides is 2. The Balaban J connectivity index is 1.88. The van der Waals surface area contributed by atoms with Crippen molar-refractivity contribution in [3.05, 3.63) is 35.5 Å². The van der Waals surface area contributed by atoms with Crippen LogP contribution in [0.1, 0.15) is 36.3 Å². The van der Waals surface area contributed by atoms with Crippen LogP contribution in [0.3, 0.4) is 0 Å². The zero-order chi connectivity index (χ0) is 18.1. The third kappa shape index (κ3) is 3.04. The third-order valence-corrected chi connectivity index (χ3v) is 4.95. The van der Waals surface area contributed by atoms with Crippen molar-refractivity contribution in [1.82, 2.24) is 24.7 Å². The van der Waals surface area contributed by atoms with Crippen molar-refractivity contribution < 1.29 is 14.1 Å². The van der Waals surface area contributed by atoms with Gasteiger partial charge in [0, 0.05) is 44.4 Å². The fourth-order valence-corrected chi connectivity index (χ4v) is 3.50. The third-order valence-electron chi connectivity index (χ3n) is 4.95. The summed E-state index contributed by atoms with van der Waals surface area (Å²) in [7, 11) is 3.59. The minimum Gasteiger partial charge on any atom is -0.364 e. The van der Waals surface area contributed by atoms with Crippen LogP contribution in [0.15, 0.2) is 23.0 Å². The molecule has 2 aromatic rings. The van der Waals surface area contributed by atoms with Gasteiger partial charge in [0.25, 0.3) is 0 Å². The topological polar surface area (TPSA) is 84.5 Å². The van der Waals surface area contributed by atoms with E-state index < -0.39 is 5.92 Å². The molecule has 2 aromatic heterocycles. The van der Waals surface area contributed by atoms with Gasteiger partial charge in [0.2, 0.25) is 11.8 Å². The predicted molar refractivity (Wildman–Crippen MR) is 89.2 cm³/mol. The largest absolute Gasteiger partial charge is 0.364 e. The van der Waals surface area contributed by atoms with Gasteiger partial charge in [-0.05, 0) is 13.8 Å². The molecule has 0 aromatic carbocycles. The first kappa shape index (κ1) is 17.2. The summed E-state index contributed by atoms with van der Waals surface area (Å²) in [4.78, 5) is 28.9. The van der Waals surface area contributed by atoms with Gasteiger partial charge in [-0.2, -0.15) is 5.10 Å². The monoisotopic (exact) mass is 345 g/mol. The highest BCUT2D eigenvalue weighted by Crippen LogP contribution is 2.40. The smallest absolute Gasteiger partial charge is 0.228 e. The summed E-state index contributed by atoms with van der Waals surface area (Å²) in [5.41, 5.74) is 2.58. The number of nitrogens with zero attached hydrogens (tertiary/aromatic N) is 5. The summed E-state index contributed by atoms with van der Waals surface area (Å²) >= 11 is 0. The van der Waals surface area contributed by atoms with E-state index in [2.05, 4.69) is 10.3 Å². The number of hydrogen-bond donors (Lipinski definition) is 0. The van der Waals surface area contributed by atoms with Gasteiger partial charge in [-0.3, -0.25) is 14.3 Å². The van der Waals surface area contributed by atoms with Gasteiger partial charge < -0.3 is 14.3 Å². The molecule has 0 aliphatic carbocycles. The Bertz CT molecular complexity index is 767. The Labute approximate surface area is 146 Å². The Morgan fingerprint density at radius 1 is 1.48 bits per heavy atom. The van der Waals surface area contributed by atoms with Crippen LogP contribution in [0.5, 0.6) is 0 Å². The zero-order valence-electron chi connectivity index (χ0n) is 15.0. The van der Waals surface area contributed by atoms with Crippen LogP contribution in [-0.4, -0.2) is 50.1 Å². The van der Waals surface area contributed by atoms with Gasteiger partial charge in [-0.15, -0.1) is 0 Å². The molecule has 1 fully saturated rings. The number of aryl methyl sites for hydroxylation is 1. The molecular formula is C17H23N5O3. The molecule has 3 heterocycles. The molecule has 0 spiro atoms. The molecule has 0 saturated carbocycles. The van der Waals surface area contributed by atoms with Gasteiger partial charge in [-0.1, -0.05) is 5.16 Å². The van der Waals surface area contributed by atoms with Crippen LogP contribution in [0.4, 0.5) is 0 Å². The standard InChI is InChI=1S/C17H23N5O3/c1-5-22-15(23)8-13(16(22)14-9-18-21(4)11(14)2)17(24)20(3)10-12-6-7-25-19-12/h6-7,9,13,16H,5,8,10H2,1-4H3/t13-,16-/m0/s1. The summed E-state index contributed by atoms with van der Waals surface area (Å²) in [6.45, 7) is 4.81. The summed E-state index contributed by atoms with van der Waals surface area (Å²) in [6.07, 6.45) is 3.46. The zero-order valence-corrected chi connectivity index (χ0v) is 15.0. The van der Waals surface area contributed by atoms with Crippen LogP contribution in [-0.2, 0) is 23.2 Å². The van der Waals surface area contributed by atoms with Crippen LogP contribution in [0.25, 0.3) is 0 Å². The van der Waals surface area contributed by atoms with Crippen molar-refractivity contribution >= 4 is 11.8 Å². The molecular weight excluding hydrogens is 322 g/mol. The number of aromatic nitrogens is 3. The summed E-state index contributed by atoms with van der Waals surface area (Å²) in [5.74, 6) is -0.489. The first-order chi connectivity index (χ1) is 11.9. The maximum absolute atomic E-state index is 13.0. The molecule has 3 rings (SSSR count). The maximum atomic E-state index is 13.0. The molecule has 1 saturated heterocycles. The minimum atomic E-state index is -0.424. The molecule has 0 radical (unpaired) electrons. The number of rotatable bonds is 5. The Kier molecular flexibility index (Phi) is 4.61. The first-order valence-electron chi connectivity index (χ1n) is 8.36. The van der Waals surface area contributed by atoms with E-state index >= 15 is 0 Å². The maximum Gasteiger partial charge on any atom is 0.228 e. The van der Waals surface area contributed by atoms with Gasteiger partial charge in [0.15, 0.2) is 0 Å². The molecule has 2 amide bonds. The second kappa shape index (κ2) is 6.70. The van der Waals surface area contributed by atoms with Crippen molar-refractivity contribution in [2.75, 3.05) is 13.6 Å². The Hall–Kier alpha value is -2.64. The van der Waals surface area contributed by atoms with Crippen molar-refractivity contribution in [2.24, 2.45) is 13.0 Å². The first-order valence-corrected chi connectivity index (χ1v) is 8.36. The van der Waals surface area contributed by atoms with E-state index in [4.69, 9.17) is 4.52 Å². The van der Waals surface area contributed by atoms with E-state index in [0.717, 1.165) is 11.3 Å². The highest BCUT2D eigenvalue weighted by Gasteiger charge is 2.45. The fraction of sp³-hybridized carbons (Fsp3) is 0.529.